The zero-order valence-electron chi connectivity index (χ0n) is 16.3. The van der Waals surface area contributed by atoms with Crippen LogP contribution in [-0.4, -0.2) is 17.0 Å². The van der Waals surface area contributed by atoms with Crippen LogP contribution in [-0.2, 0) is 11.2 Å². The van der Waals surface area contributed by atoms with E-state index < -0.39 is 11.9 Å². The van der Waals surface area contributed by atoms with Crippen LogP contribution in [0, 0.1) is 3.57 Å². The number of ether oxygens (including phenoxy) is 1. The van der Waals surface area contributed by atoms with Gasteiger partial charge in [0.15, 0.2) is 0 Å². The molecule has 152 valence electrons. The number of para-hydroxylation sites is 1. The van der Waals surface area contributed by atoms with Crippen molar-refractivity contribution in [3.05, 3.63) is 98.8 Å². The second kappa shape index (κ2) is 10.1. The van der Waals surface area contributed by atoms with Crippen molar-refractivity contribution in [1.29, 1.82) is 0 Å². The molecule has 0 aliphatic rings. The molecule has 1 amide bonds. The summed E-state index contributed by atoms with van der Waals surface area (Å²) < 4.78 is 6.83. The molecule has 0 spiro atoms. The van der Waals surface area contributed by atoms with E-state index in [-0.39, 0.29) is 5.70 Å². The summed E-state index contributed by atoms with van der Waals surface area (Å²) in [5.41, 5.74) is 1.93. The molecule has 0 aliphatic heterocycles. The molecule has 30 heavy (non-hydrogen) atoms. The van der Waals surface area contributed by atoms with Crippen LogP contribution in [0.15, 0.2) is 78.5 Å². The SMILES string of the molecule is CCc1ccc(C(=O)N/C(=C\c2ccc(Oc3ccccc3I)cc2)C(=O)O)cc1. The van der Waals surface area contributed by atoms with Gasteiger partial charge in [0.2, 0.25) is 0 Å². The minimum atomic E-state index is -1.22. The van der Waals surface area contributed by atoms with Crippen molar-refractivity contribution in [2.24, 2.45) is 0 Å². The maximum Gasteiger partial charge on any atom is 0.352 e. The Bertz CT molecular complexity index is 1070. The van der Waals surface area contributed by atoms with Gasteiger partial charge < -0.3 is 15.2 Å². The highest BCUT2D eigenvalue weighted by atomic mass is 127. The standard InChI is InChI=1S/C24H20INO4/c1-2-16-7-11-18(12-8-16)23(27)26-21(24(28)29)15-17-9-13-19(14-10-17)30-22-6-4-3-5-20(22)25/h3-15H,2H2,1H3,(H,26,27)(H,28,29)/b21-15-. The highest BCUT2D eigenvalue weighted by molar-refractivity contribution is 14.1. The number of hydrogen-bond donors (Lipinski definition) is 2. The third-order valence-corrected chi connectivity index (χ3v) is 5.25. The number of carbonyl (C=O) groups excluding carboxylic acids is 1. The lowest BCUT2D eigenvalue weighted by atomic mass is 10.1. The maximum atomic E-state index is 12.4. The van der Waals surface area contributed by atoms with E-state index in [1.54, 1.807) is 36.4 Å². The smallest absolute Gasteiger partial charge is 0.352 e. The van der Waals surface area contributed by atoms with Gasteiger partial charge in [0.25, 0.3) is 5.91 Å². The lowest BCUT2D eigenvalue weighted by Crippen LogP contribution is -2.27. The van der Waals surface area contributed by atoms with Crippen LogP contribution in [0.1, 0.15) is 28.4 Å². The van der Waals surface area contributed by atoms with Gasteiger partial charge in [0, 0.05) is 5.56 Å². The van der Waals surface area contributed by atoms with Crippen molar-refractivity contribution in [2.45, 2.75) is 13.3 Å². The molecule has 6 heteroatoms. The number of aryl methyl sites for hydroxylation is 1. The van der Waals surface area contributed by atoms with E-state index in [2.05, 4.69) is 27.9 Å². The fourth-order valence-electron chi connectivity index (χ4n) is 2.69. The lowest BCUT2D eigenvalue weighted by Gasteiger charge is -2.09. The summed E-state index contributed by atoms with van der Waals surface area (Å²) >= 11 is 2.20. The largest absolute Gasteiger partial charge is 0.477 e. The fourth-order valence-corrected chi connectivity index (χ4v) is 3.19. The van der Waals surface area contributed by atoms with Crippen LogP contribution in [0.3, 0.4) is 0 Å². The van der Waals surface area contributed by atoms with E-state index >= 15 is 0 Å². The van der Waals surface area contributed by atoms with Crippen LogP contribution in [0.4, 0.5) is 0 Å². The predicted molar refractivity (Wildman–Crippen MR) is 125 cm³/mol. The average molecular weight is 513 g/mol. The predicted octanol–water partition coefficient (Wildman–Crippen LogP) is 5.50. The molecule has 0 aliphatic carbocycles. The van der Waals surface area contributed by atoms with Gasteiger partial charge in [-0.15, -0.1) is 0 Å². The number of amides is 1. The number of aliphatic carboxylic acids is 1. The molecule has 3 aromatic carbocycles. The van der Waals surface area contributed by atoms with Gasteiger partial charge in [-0.3, -0.25) is 4.79 Å². The Labute approximate surface area is 188 Å². The Balaban J connectivity index is 1.73. The van der Waals surface area contributed by atoms with E-state index in [0.717, 1.165) is 21.3 Å². The zero-order valence-corrected chi connectivity index (χ0v) is 18.4. The van der Waals surface area contributed by atoms with Crippen molar-refractivity contribution in [1.82, 2.24) is 5.32 Å². The van der Waals surface area contributed by atoms with E-state index in [1.807, 2.05) is 43.3 Å². The summed E-state index contributed by atoms with van der Waals surface area (Å²) in [6.45, 7) is 2.03. The van der Waals surface area contributed by atoms with Crippen LogP contribution in [0.2, 0.25) is 0 Å². The second-order valence-corrected chi connectivity index (χ2v) is 7.63. The molecular formula is C24H20INO4. The molecule has 0 saturated carbocycles. The van der Waals surface area contributed by atoms with Gasteiger partial charge in [-0.2, -0.15) is 0 Å². The molecule has 0 fully saturated rings. The summed E-state index contributed by atoms with van der Waals surface area (Å²) in [5, 5.41) is 12.0. The van der Waals surface area contributed by atoms with Crippen molar-refractivity contribution >= 4 is 40.5 Å². The van der Waals surface area contributed by atoms with Gasteiger partial charge in [0.05, 0.1) is 3.57 Å². The molecule has 3 aromatic rings. The maximum absolute atomic E-state index is 12.4. The van der Waals surface area contributed by atoms with E-state index in [1.165, 1.54) is 6.08 Å². The zero-order chi connectivity index (χ0) is 21.5. The molecule has 3 rings (SSSR count). The summed E-state index contributed by atoms with van der Waals surface area (Å²) in [6, 6.07) is 21.7. The molecule has 0 atom stereocenters. The summed E-state index contributed by atoms with van der Waals surface area (Å²) in [5.74, 6) is -0.306. The number of hydrogen-bond acceptors (Lipinski definition) is 3. The molecule has 0 saturated heterocycles. The normalized spacial score (nSPS) is 11.1. The first-order valence-electron chi connectivity index (χ1n) is 9.34. The number of benzene rings is 3. The molecular weight excluding hydrogens is 493 g/mol. The fraction of sp³-hybridized carbons (Fsp3) is 0.0833. The third kappa shape index (κ3) is 5.70. The number of rotatable bonds is 7. The minimum Gasteiger partial charge on any atom is -0.477 e. The van der Waals surface area contributed by atoms with Gasteiger partial charge in [-0.25, -0.2) is 4.79 Å². The topological polar surface area (TPSA) is 75.6 Å². The van der Waals surface area contributed by atoms with Gasteiger partial charge in [-0.1, -0.05) is 43.3 Å². The first kappa shape index (κ1) is 21.6. The first-order chi connectivity index (χ1) is 14.5. The van der Waals surface area contributed by atoms with Gasteiger partial charge in [0.1, 0.15) is 17.2 Å². The third-order valence-electron chi connectivity index (χ3n) is 4.36. The Kier molecular flexibility index (Phi) is 7.24. The van der Waals surface area contributed by atoms with Crippen molar-refractivity contribution in [2.75, 3.05) is 0 Å². The van der Waals surface area contributed by atoms with Crippen molar-refractivity contribution in [3.63, 3.8) is 0 Å². The Morgan fingerprint density at radius 2 is 1.67 bits per heavy atom. The van der Waals surface area contributed by atoms with E-state index in [0.29, 0.717) is 16.9 Å². The number of carbonyl (C=O) groups is 2. The second-order valence-electron chi connectivity index (χ2n) is 6.47. The van der Waals surface area contributed by atoms with Crippen LogP contribution in [0.25, 0.3) is 6.08 Å². The number of carboxylic acid groups (broad SMARTS) is 1. The number of carboxylic acids is 1. The van der Waals surface area contributed by atoms with Crippen LogP contribution < -0.4 is 10.1 Å². The van der Waals surface area contributed by atoms with Crippen molar-refractivity contribution in [3.8, 4) is 11.5 Å². The molecule has 0 radical (unpaired) electrons. The molecule has 2 N–H and O–H groups in total. The Morgan fingerprint density at radius 1 is 1.00 bits per heavy atom. The summed E-state index contributed by atoms with van der Waals surface area (Å²) in [6.07, 6.45) is 2.28. The quantitative estimate of drug-likeness (QED) is 0.323. The molecule has 0 unspecified atom stereocenters. The first-order valence-corrected chi connectivity index (χ1v) is 10.4. The Morgan fingerprint density at radius 3 is 2.27 bits per heavy atom. The van der Waals surface area contributed by atoms with Crippen molar-refractivity contribution < 1.29 is 19.4 Å². The van der Waals surface area contributed by atoms with E-state index in [9.17, 15) is 14.7 Å². The molecule has 5 nitrogen and oxygen atoms in total. The lowest BCUT2D eigenvalue weighted by molar-refractivity contribution is -0.132. The van der Waals surface area contributed by atoms with Gasteiger partial charge >= 0.3 is 5.97 Å². The molecule has 0 aromatic heterocycles. The highest BCUT2D eigenvalue weighted by Crippen LogP contribution is 2.26. The monoisotopic (exact) mass is 513 g/mol. The molecule has 0 heterocycles. The molecule has 0 bridgehead atoms. The van der Waals surface area contributed by atoms with Crippen LogP contribution >= 0.6 is 22.6 Å². The van der Waals surface area contributed by atoms with Gasteiger partial charge in [-0.05, 0) is 82.6 Å². The van der Waals surface area contributed by atoms with Crippen LogP contribution in [0.5, 0.6) is 11.5 Å². The van der Waals surface area contributed by atoms with E-state index in [4.69, 9.17) is 4.74 Å². The number of halogens is 1. The highest BCUT2D eigenvalue weighted by Gasteiger charge is 2.13. The number of nitrogens with one attached hydrogen (secondary N) is 1. The Hall–Kier alpha value is -3.13. The summed E-state index contributed by atoms with van der Waals surface area (Å²) in [4.78, 5) is 24.0. The average Bonchev–Trinajstić information content (AvgIpc) is 2.76. The summed E-state index contributed by atoms with van der Waals surface area (Å²) in [7, 11) is 0. The minimum absolute atomic E-state index is 0.203.